The molecule has 16 heavy (non-hydrogen) atoms. The van der Waals surface area contributed by atoms with Crippen molar-refractivity contribution >= 4 is 27.7 Å². The number of carbonyl (C=O) groups is 1. The van der Waals surface area contributed by atoms with Crippen molar-refractivity contribution in [2.45, 2.75) is 0 Å². The average molecular weight is 285 g/mol. The van der Waals surface area contributed by atoms with Gasteiger partial charge in [0.15, 0.2) is 0 Å². The minimum Gasteiger partial charge on any atom is -0.496 e. The Balaban J connectivity index is 3.21. The molecule has 3 nitrogen and oxygen atoms in total. The largest absolute Gasteiger partial charge is 0.496 e. The second kappa shape index (κ2) is 6.33. The van der Waals surface area contributed by atoms with Crippen LogP contribution in [0.2, 0.25) is 0 Å². The number of rotatable bonds is 4. The molecule has 0 spiro atoms. The van der Waals surface area contributed by atoms with E-state index in [9.17, 15) is 4.79 Å². The molecule has 0 saturated heterocycles. The van der Waals surface area contributed by atoms with E-state index >= 15 is 0 Å². The highest BCUT2D eigenvalue weighted by atomic mass is 79.9. The molecule has 0 amide bonds. The molecule has 0 radical (unpaired) electrons. The highest BCUT2D eigenvalue weighted by molar-refractivity contribution is 9.09. The lowest BCUT2D eigenvalue weighted by atomic mass is 10.1. The number of hydrogen-bond donors (Lipinski definition) is 0. The molecular weight excluding hydrogens is 272 g/mol. The van der Waals surface area contributed by atoms with E-state index in [4.69, 9.17) is 9.47 Å². The van der Waals surface area contributed by atoms with E-state index in [1.54, 1.807) is 0 Å². The summed E-state index contributed by atoms with van der Waals surface area (Å²) < 4.78 is 9.96. The maximum absolute atomic E-state index is 11.5. The first kappa shape index (κ1) is 12.8. The van der Waals surface area contributed by atoms with Gasteiger partial charge in [0.05, 0.1) is 19.8 Å². The first-order valence-corrected chi connectivity index (χ1v) is 5.83. The van der Waals surface area contributed by atoms with E-state index in [1.807, 2.05) is 30.3 Å². The lowest BCUT2D eigenvalue weighted by Crippen LogP contribution is -2.09. The monoisotopic (exact) mass is 284 g/mol. The van der Waals surface area contributed by atoms with Gasteiger partial charge in [0, 0.05) is 10.9 Å². The van der Waals surface area contributed by atoms with Crippen molar-refractivity contribution in [1.29, 1.82) is 0 Å². The summed E-state index contributed by atoms with van der Waals surface area (Å²) in [4.78, 5) is 11.5. The van der Waals surface area contributed by atoms with E-state index < -0.39 is 5.97 Å². The first-order chi connectivity index (χ1) is 7.74. The van der Waals surface area contributed by atoms with Crippen LogP contribution in [0, 0.1) is 0 Å². The quantitative estimate of drug-likeness (QED) is 0.369. The smallest absolute Gasteiger partial charge is 0.338 e. The second-order valence-corrected chi connectivity index (χ2v) is 3.56. The van der Waals surface area contributed by atoms with Crippen LogP contribution in [0.3, 0.4) is 0 Å². The van der Waals surface area contributed by atoms with Gasteiger partial charge in [0.2, 0.25) is 0 Å². The third kappa shape index (κ3) is 2.85. The number of ether oxygens (including phenoxy) is 2. The van der Waals surface area contributed by atoms with E-state index in [0.29, 0.717) is 16.7 Å². The molecule has 0 bridgehead atoms. The van der Waals surface area contributed by atoms with Crippen LogP contribution in [-0.4, -0.2) is 25.5 Å². The molecule has 0 aromatic heterocycles. The number of hydrogen-bond acceptors (Lipinski definition) is 3. The fourth-order valence-electron chi connectivity index (χ4n) is 1.34. The van der Waals surface area contributed by atoms with E-state index in [0.717, 1.165) is 5.56 Å². The summed E-state index contributed by atoms with van der Waals surface area (Å²) in [6.45, 7) is 0. The molecule has 4 heteroatoms. The zero-order chi connectivity index (χ0) is 12.0. The van der Waals surface area contributed by atoms with Gasteiger partial charge in [-0.25, -0.2) is 4.79 Å². The molecule has 0 fully saturated rings. The SMILES string of the molecule is COC(=O)/C(CBr)=C(\OC)c1ccccc1. The molecule has 0 saturated carbocycles. The maximum atomic E-state index is 11.5. The molecule has 1 aromatic carbocycles. The Hall–Kier alpha value is -1.29. The zero-order valence-corrected chi connectivity index (χ0v) is 10.8. The molecule has 0 unspecified atom stereocenters. The normalized spacial score (nSPS) is 11.7. The third-order valence-corrected chi connectivity index (χ3v) is 2.64. The van der Waals surface area contributed by atoms with Crippen molar-refractivity contribution in [3.63, 3.8) is 0 Å². The van der Waals surface area contributed by atoms with Crippen LogP contribution in [0.4, 0.5) is 0 Å². The lowest BCUT2D eigenvalue weighted by Gasteiger charge is -2.11. The summed E-state index contributed by atoms with van der Waals surface area (Å²) in [5.74, 6) is 0.141. The van der Waals surface area contributed by atoms with E-state index in [1.165, 1.54) is 14.2 Å². The molecule has 0 N–H and O–H groups in total. The summed E-state index contributed by atoms with van der Waals surface area (Å²) in [5.41, 5.74) is 1.32. The van der Waals surface area contributed by atoms with Crippen molar-refractivity contribution in [3.8, 4) is 0 Å². The molecule has 0 heterocycles. The Labute approximate surface area is 103 Å². The Bertz CT molecular complexity index is 385. The molecule has 1 rings (SSSR count). The number of benzene rings is 1. The van der Waals surface area contributed by atoms with Gasteiger partial charge in [-0.15, -0.1) is 0 Å². The predicted octanol–water partition coefficient (Wildman–Crippen LogP) is 2.61. The standard InChI is InChI=1S/C12H13BrO3/c1-15-11(9-6-4-3-5-7-9)10(8-13)12(14)16-2/h3-7H,8H2,1-2H3/b11-10-. The van der Waals surface area contributed by atoms with Gasteiger partial charge in [-0.05, 0) is 0 Å². The van der Waals surface area contributed by atoms with E-state index in [-0.39, 0.29) is 0 Å². The van der Waals surface area contributed by atoms with Crippen LogP contribution < -0.4 is 0 Å². The zero-order valence-electron chi connectivity index (χ0n) is 9.20. The minimum atomic E-state index is -0.391. The third-order valence-electron chi connectivity index (χ3n) is 2.08. The summed E-state index contributed by atoms with van der Waals surface area (Å²) in [7, 11) is 2.89. The van der Waals surface area contributed by atoms with Gasteiger partial charge in [0.25, 0.3) is 0 Å². The van der Waals surface area contributed by atoms with Crippen LogP contribution >= 0.6 is 15.9 Å². The molecule has 0 atom stereocenters. The Morgan fingerprint density at radius 2 is 1.81 bits per heavy atom. The Morgan fingerprint density at radius 1 is 1.19 bits per heavy atom. The predicted molar refractivity (Wildman–Crippen MR) is 66.2 cm³/mol. The topological polar surface area (TPSA) is 35.5 Å². The first-order valence-electron chi connectivity index (χ1n) is 4.71. The van der Waals surface area contributed by atoms with Crippen molar-refractivity contribution in [2.24, 2.45) is 0 Å². The number of esters is 1. The Kier molecular flexibility index (Phi) is 5.05. The fraction of sp³-hybridized carbons (Fsp3) is 0.250. The van der Waals surface area contributed by atoms with Gasteiger partial charge in [-0.3, -0.25) is 0 Å². The van der Waals surface area contributed by atoms with Crippen molar-refractivity contribution in [2.75, 3.05) is 19.5 Å². The van der Waals surface area contributed by atoms with Crippen LogP contribution in [-0.2, 0) is 14.3 Å². The molecule has 1 aromatic rings. The van der Waals surface area contributed by atoms with Gasteiger partial charge >= 0.3 is 5.97 Å². The summed E-state index contributed by atoms with van der Waals surface area (Å²) in [5, 5.41) is 0.387. The van der Waals surface area contributed by atoms with Crippen LogP contribution in [0.5, 0.6) is 0 Å². The van der Waals surface area contributed by atoms with Gasteiger partial charge in [0.1, 0.15) is 5.76 Å². The van der Waals surface area contributed by atoms with Crippen molar-refractivity contribution < 1.29 is 14.3 Å². The van der Waals surface area contributed by atoms with Gasteiger partial charge < -0.3 is 9.47 Å². The highest BCUT2D eigenvalue weighted by Crippen LogP contribution is 2.21. The Morgan fingerprint density at radius 3 is 2.25 bits per heavy atom. The van der Waals surface area contributed by atoms with Crippen LogP contribution in [0.1, 0.15) is 5.56 Å². The number of methoxy groups -OCH3 is 2. The highest BCUT2D eigenvalue weighted by Gasteiger charge is 2.16. The van der Waals surface area contributed by atoms with Gasteiger partial charge in [-0.1, -0.05) is 46.3 Å². The summed E-state index contributed by atoms with van der Waals surface area (Å²) in [6.07, 6.45) is 0. The molecule has 0 aliphatic carbocycles. The average Bonchev–Trinajstić information content (AvgIpc) is 2.36. The minimum absolute atomic E-state index is 0.387. The van der Waals surface area contributed by atoms with Crippen molar-refractivity contribution in [3.05, 3.63) is 41.5 Å². The molecule has 86 valence electrons. The second-order valence-electron chi connectivity index (χ2n) is 3.00. The summed E-state index contributed by atoms with van der Waals surface area (Å²) >= 11 is 3.26. The molecule has 0 aliphatic rings. The number of halogens is 1. The van der Waals surface area contributed by atoms with Gasteiger partial charge in [-0.2, -0.15) is 0 Å². The van der Waals surface area contributed by atoms with Crippen molar-refractivity contribution in [1.82, 2.24) is 0 Å². The molecule has 0 aliphatic heterocycles. The maximum Gasteiger partial charge on any atom is 0.338 e. The lowest BCUT2D eigenvalue weighted by molar-refractivity contribution is -0.136. The number of alkyl halides is 1. The molecular formula is C12H13BrO3. The van der Waals surface area contributed by atoms with Crippen LogP contribution in [0.25, 0.3) is 5.76 Å². The van der Waals surface area contributed by atoms with E-state index in [2.05, 4.69) is 15.9 Å². The number of carbonyl (C=O) groups excluding carboxylic acids is 1. The van der Waals surface area contributed by atoms with Crippen LogP contribution in [0.15, 0.2) is 35.9 Å². The summed E-state index contributed by atoms with van der Waals surface area (Å²) in [6, 6.07) is 9.44. The fourth-order valence-corrected chi connectivity index (χ4v) is 1.82.